The predicted molar refractivity (Wildman–Crippen MR) is 73.7 cm³/mol. The molecule has 2 aromatic rings. The van der Waals surface area contributed by atoms with Gasteiger partial charge in [-0.15, -0.1) is 0 Å². The second-order valence-electron chi connectivity index (χ2n) is 4.72. The minimum atomic E-state index is 0.169. The van der Waals surface area contributed by atoms with Gasteiger partial charge in [-0.05, 0) is 30.7 Å². The Bertz CT molecular complexity index is 602. The Hall–Kier alpha value is -2.27. The van der Waals surface area contributed by atoms with Gasteiger partial charge in [0.05, 0.1) is 0 Å². The number of hydrogen-bond acceptors (Lipinski definition) is 5. The van der Waals surface area contributed by atoms with Crippen LogP contribution in [0.2, 0.25) is 0 Å². The van der Waals surface area contributed by atoms with Gasteiger partial charge in [0.1, 0.15) is 5.75 Å². The van der Waals surface area contributed by atoms with E-state index < -0.39 is 0 Å². The molecule has 5 nitrogen and oxygen atoms in total. The number of benzene rings is 1. The summed E-state index contributed by atoms with van der Waals surface area (Å²) in [6.45, 7) is 2.82. The van der Waals surface area contributed by atoms with Crippen LogP contribution in [0.5, 0.6) is 17.2 Å². The number of pyridine rings is 1. The first-order chi connectivity index (χ1) is 9.74. The summed E-state index contributed by atoms with van der Waals surface area (Å²) in [5.41, 5.74) is 1.94. The first-order valence-electron chi connectivity index (χ1n) is 6.49. The van der Waals surface area contributed by atoms with E-state index in [9.17, 15) is 5.11 Å². The Kier molecular flexibility index (Phi) is 3.43. The highest BCUT2D eigenvalue weighted by molar-refractivity contribution is 5.51. The summed E-state index contributed by atoms with van der Waals surface area (Å²) in [7, 11) is 0. The highest BCUT2D eigenvalue weighted by atomic mass is 16.7. The van der Waals surface area contributed by atoms with Crippen LogP contribution in [0.15, 0.2) is 36.7 Å². The lowest BCUT2D eigenvalue weighted by atomic mass is 10.1. The van der Waals surface area contributed by atoms with Crippen molar-refractivity contribution in [1.29, 1.82) is 0 Å². The average molecular weight is 272 g/mol. The van der Waals surface area contributed by atoms with E-state index in [1.54, 1.807) is 18.5 Å². The van der Waals surface area contributed by atoms with Gasteiger partial charge in [-0.1, -0.05) is 0 Å². The van der Waals surface area contributed by atoms with Crippen molar-refractivity contribution in [3.05, 3.63) is 47.8 Å². The van der Waals surface area contributed by atoms with Gasteiger partial charge < -0.3 is 19.9 Å². The largest absolute Gasteiger partial charge is 0.507 e. The molecular formula is C15H16N2O3. The molecule has 0 amide bonds. The minimum Gasteiger partial charge on any atom is -0.507 e. The van der Waals surface area contributed by atoms with Crippen LogP contribution in [-0.2, 0) is 6.54 Å². The fraction of sp³-hybridized carbons (Fsp3) is 0.267. The van der Waals surface area contributed by atoms with Gasteiger partial charge in [0, 0.05) is 36.6 Å². The van der Waals surface area contributed by atoms with Crippen molar-refractivity contribution in [3.63, 3.8) is 0 Å². The molecule has 1 aliphatic rings. The third-order valence-corrected chi connectivity index (χ3v) is 3.38. The molecule has 0 fully saturated rings. The summed E-state index contributed by atoms with van der Waals surface area (Å²) in [5.74, 6) is 1.48. The summed E-state index contributed by atoms with van der Waals surface area (Å²) in [6.07, 6.45) is 3.54. The zero-order chi connectivity index (χ0) is 13.9. The van der Waals surface area contributed by atoms with Crippen LogP contribution in [0.25, 0.3) is 0 Å². The van der Waals surface area contributed by atoms with E-state index in [-0.39, 0.29) is 18.6 Å². The lowest BCUT2D eigenvalue weighted by Crippen LogP contribution is -2.18. The first-order valence-corrected chi connectivity index (χ1v) is 6.49. The van der Waals surface area contributed by atoms with Gasteiger partial charge >= 0.3 is 0 Å². The van der Waals surface area contributed by atoms with Crippen molar-refractivity contribution in [2.75, 3.05) is 6.79 Å². The van der Waals surface area contributed by atoms with Gasteiger partial charge in [-0.25, -0.2) is 0 Å². The summed E-state index contributed by atoms with van der Waals surface area (Å²) < 4.78 is 10.5. The number of phenols is 1. The van der Waals surface area contributed by atoms with Gasteiger partial charge in [0.15, 0.2) is 11.5 Å². The molecule has 0 saturated carbocycles. The van der Waals surface area contributed by atoms with Crippen molar-refractivity contribution in [3.8, 4) is 17.2 Å². The molecule has 104 valence electrons. The van der Waals surface area contributed by atoms with Crippen LogP contribution in [0, 0.1) is 0 Å². The number of aromatic hydroxyl groups is 1. The van der Waals surface area contributed by atoms with Crippen LogP contribution in [-0.4, -0.2) is 16.9 Å². The number of phenolic OH excluding ortho intramolecular Hbond substituents is 1. The van der Waals surface area contributed by atoms with Gasteiger partial charge in [-0.2, -0.15) is 0 Å². The van der Waals surface area contributed by atoms with Crippen LogP contribution < -0.4 is 14.8 Å². The van der Waals surface area contributed by atoms with E-state index in [0.717, 1.165) is 11.1 Å². The number of nitrogens with zero attached hydrogens (tertiary/aromatic N) is 1. The molecule has 2 heterocycles. The maximum atomic E-state index is 9.97. The maximum Gasteiger partial charge on any atom is 0.231 e. The standard InChI is InChI=1S/C15H16N2O3/c1-10(11-2-4-16-5-3-11)17-8-12-6-14-15(7-13(12)18)20-9-19-14/h2-7,10,17-18H,8-9H2,1H3/t10-/m1/s1. The Morgan fingerprint density at radius 1 is 1.25 bits per heavy atom. The highest BCUT2D eigenvalue weighted by Gasteiger charge is 2.17. The molecule has 1 aromatic carbocycles. The van der Waals surface area contributed by atoms with Crippen molar-refractivity contribution < 1.29 is 14.6 Å². The molecule has 2 N–H and O–H groups in total. The second-order valence-corrected chi connectivity index (χ2v) is 4.72. The number of nitrogens with one attached hydrogen (secondary N) is 1. The quantitative estimate of drug-likeness (QED) is 0.894. The zero-order valence-electron chi connectivity index (χ0n) is 11.2. The SMILES string of the molecule is C[C@@H](NCc1cc2c(cc1O)OCO2)c1ccncc1. The van der Waals surface area contributed by atoms with Crippen molar-refractivity contribution >= 4 is 0 Å². The molecule has 20 heavy (non-hydrogen) atoms. The Balaban J connectivity index is 1.70. The molecule has 3 rings (SSSR count). The molecule has 1 aliphatic heterocycles. The van der Waals surface area contributed by atoms with E-state index in [0.29, 0.717) is 18.0 Å². The average Bonchev–Trinajstić information content (AvgIpc) is 2.92. The lowest BCUT2D eigenvalue weighted by molar-refractivity contribution is 0.174. The van der Waals surface area contributed by atoms with Gasteiger partial charge in [0.2, 0.25) is 6.79 Å². The first kappa shape index (κ1) is 12.7. The Morgan fingerprint density at radius 3 is 2.70 bits per heavy atom. The molecule has 0 saturated heterocycles. The van der Waals surface area contributed by atoms with Crippen LogP contribution in [0.4, 0.5) is 0 Å². The van der Waals surface area contributed by atoms with Crippen LogP contribution in [0.3, 0.4) is 0 Å². The summed E-state index contributed by atoms with van der Waals surface area (Å²) in [4.78, 5) is 4.00. The predicted octanol–water partition coefficient (Wildman–Crippen LogP) is 2.37. The van der Waals surface area contributed by atoms with Crippen molar-refractivity contribution in [1.82, 2.24) is 10.3 Å². The van der Waals surface area contributed by atoms with Crippen LogP contribution >= 0.6 is 0 Å². The molecule has 0 unspecified atom stereocenters. The lowest BCUT2D eigenvalue weighted by Gasteiger charge is -2.15. The summed E-state index contributed by atoms with van der Waals surface area (Å²) in [5, 5.41) is 13.3. The van der Waals surface area contributed by atoms with Gasteiger partial charge in [0.25, 0.3) is 0 Å². The zero-order valence-corrected chi connectivity index (χ0v) is 11.2. The van der Waals surface area contributed by atoms with Crippen molar-refractivity contribution in [2.24, 2.45) is 0 Å². The molecule has 1 aromatic heterocycles. The summed E-state index contributed by atoms with van der Waals surface area (Å²) >= 11 is 0. The molecule has 0 aliphatic carbocycles. The van der Waals surface area contributed by atoms with E-state index in [1.807, 2.05) is 18.2 Å². The van der Waals surface area contributed by atoms with Gasteiger partial charge in [-0.3, -0.25) is 4.98 Å². The topological polar surface area (TPSA) is 63.6 Å². The monoisotopic (exact) mass is 272 g/mol. The molecular weight excluding hydrogens is 256 g/mol. The fourth-order valence-electron chi connectivity index (χ4n) is 2.15. The van der Waals surface area contributed by atoms with E-state index in [1.165, 1.54) is 0 Å². The van der Waals surface area contributed by atoms with E-state index in [4.69, 9.17) is 9.47 Å². The fourth-order valence-corrected chi connectivity index (χ4v) is 2.15. The third-order valence-electron chi connectivity index (χ3n) is 3.38. The number of fused-ring (bicyclic) bond motifs is 1. The van der Waals surface area contributed by atoms with E-state index >= 15 is 0 Å². The van der Waals surface area contributed by atoms with Crippen LogP contribution in [0.1, 0.15) is 24.1 Å². The minimum absolute atomic E-state index is 0.169. The Morgan fingerprint density at radius 2 is 1.95 bits per heavy atom. The molecule has 0 radical (unpaired) electrons. The third kappa shape index (κ3) is 2.53. The normalized spacial score (nSPS) is 14.2. The Labute approximate surface area is 117 Å². The number of hydrogen-bond donors (Lipinski definition) is 2. The highest BCUT2D eigenvalue weighted by Crippen LogP contribution is 2.37. The maximum absolute atomic E-state index is 9.97. The smallest absolute Gasteiger partial charge is 0.231 e. The number of ether oxygens (including phenoxy) is 2. The second kappa shape index (κ2) is 5.38. The molecule has 0 spiro atoms. The number of aromatic nitrogens is 1. The molecule has 5 heteroatoms. The summed E-state index contributed by atoms with van der Waals surface area (Å²) in [6, 6.07) is 7.51. The van der Waals surface area contributed by atoms with E-state index in [2.05, 4.69) is 17.2 Å². The molecule has 0 bridgehead atoms. The number of rotatable bonds is 4. The van der Waals surface area contributed by atoms with Crippen molar-refractivity contribution in [2.45, 2.75) is 19.5 Å². The molecule has 1 atom stereocenters.